The Morgan fingerprint density at radius 1 is 0.525 bits per heavy atom. The Morgan fingerprint density at radius 3 is 2.00 bits per heavy atom. The van der Waals surface area contributed by atoms with Crippen LogP contribution in [0.3, 0.4) is 0 Å². The van der Waals surface area contributed by atoms with Crippen molar-refractivity contribution in [3.63, 3.8) is 0 Å². The molecule has 0 unspecified atom stereocenters. The molecule has 0 N–H and O–H groups in total. The maximum atomic E-state index is 6.78. The van der Waals surface area contributed by atoms with Gasteiger partial charge in [0.15, 0.2) is 0 Å². The first-order valence-electron chi connectivity index (χ1n) is 20.1. The number of rotatable bonds is 7. The Kier molecular flexibility index (Phi) is 9.48. The number of benzene rings is 7. The number of hydrogen-bond acceptors (Lipinski definition) is 5. The second-order valence-corrected chi connectivity index (χ2v) is 19.3. The van der Waals surface area contributed by atoms with Gasteiger partial charge in [0.1, 0.15) is 0 Å². The molecule has 59 heavy (non-hydrogen) atoms. The van der Waals surface area contributed by atoms with Gasteiger partial charge in [-0.15, -0.1) is 0 Å². The van der Waals surface area contributed by atoms with Crippen LogP contribution >= 0.6 is 0 Å². The Balaban J connectivity index is 0.998. The molecule has 0 saturated carbocycles. The second kappa shape index (κ2) is 15.1. The molecule has 2 aliphatic rings. The van der Waals surface area contributed by atoms with Crippen molar-refractivity contribution < 1.29 is 4.74 Å². The Labute approximate surface area is 357 Å². The van der Waals surface area contributed by atoms with E-state index in [9.17, 15) is 0 Å². The first kappa shape index (κ1) is 37.0. The third-order valence-corrected chi connectivity index (χ3v) is 14.4. The zero-order valence-electron chi connectivity index (χ0n) is 33.6. The fourth-order valence-electron chi connectivity index (χ4n) is 8.32. The summed E-state index contributed by atoms with van der Waals surface area (Å²) < 4.78 is 9.55. The molecular formula is C53H44N4OTe. The van der Waals surface area contributed by atoms with Gasteiger partial charge < -0.3 is 0 Å². The molecule has 0 saturated heterocycles. The van der Waals surface area contributed by atoms with Crippen LogP contribution in [0.5, 0.6) is 11.5 Å². The summed E-state index contributed by atoms with van der Waals surface area (Å²) in [7, 11) is 0. The van der Waals surface area contributed by atoms with Gasteiger partial charge >= 0.3 is 262 Å². The average molecular weight is 881 g/mol. The van der Waals surface area contributed by atoms with E-state index in [2.05, 4.69) is 218 Å². The van der Waals surface area contributed by atoms with E-state index in [0.29, 0.717) is 6.67 Å². The molecule has 0 bridgehead atoms. The number of para-hydroxylation sites is 2. The van der Waals surface area contributed by atoms with E-state index in [1.807, 2.05) is 6.20 Å². The molecule has 0 aliphatic carbocycles. The van der Waals surface area contributed by atoms with Crippen molar-refractivity contribution in [1.29, 1.82) is 0 Å². The summed E-state index contributed by atoms with van der Waals surface area (Å²) in [6.45, 7) is 9.73. The van der Waals surface area contributed by atoms with Crippen LogP contribution in [-0.2, 0) is 5.41 Å². The van der Waals surface area contributed by atoms with Gasteiger partial charge in [-0.1, -0.05) is 69.3 Å². The number of aromatic nitrogens is 1. The van der Waals surface area contributed by atoms with Crippen molar-refractivity contribution in [1.82, 2.24) is 4.98 Å². The van der Waals surface area contributed by atoms with E-state index in [4.69, 9.17) is 9.72 Å². The number of pyridine rings is 1. The first-order valence-corrected chi connectivity index (χ1v) is 22.5. The topological polar surface area (TPSA) is 31.8 Å². The maximum absolute atomic E-state index is 6.78. The van der Waals surface area contributed by atoms with Gasteiger partial charge in [-0.05, 0) is 28.2 Å². The molecule has 288 valence electrons. The summed E-state index contributed by atoms with van der Waals surface area (Å²) in [5.74, 6) is 2.49. The molecule has 10 rings (SSSR count). The predicted octanol–water partition coefficient (Wildman–Crippen LogP) is 12.5. The Morgan fingerprint density at radius 2 is 1.22 bits per heavy atom. The fraction of sp³-hybridized carbons (Fsp3) is 0.113. The summed E-state index contributed by atoms with van der Waals surface area (Å²) in [5.41, 5.74) is 14.2. The SMILES string of the molecule is Cc1cc(N2c3ccccc3[Te]c3ccc(Oc4cccc(N5CN(c6ccccc6C(C)(C)C)c6cc(-c7ccccc7)ccc65)c4)cc32)ncc1-c1ccccc1. The minimum atomic E-state index is -0.618. The molecule has 8 aromatic rings. The summed E-state index contributed by atoms with van der Waals surface area (Å²) in [6, 6.07) is 62.9. The second-order valence-electron chi connectivity index (χ2n) is 16.2. The molecule has 0 spiro atoms. The molecule has 2 aliphatic heterocycles. The van der Waals surface area contributed by atoms with E-state index >= 15 is 0 Å². The molecule has 1 aromatic heterocycles. The number of nitrogens with zero attached hydrogens (tertiary/aromatic N) is 4. The van der Waals surface area contributed by atoms with Gasteiger partial charge in [-0.2, -0.15) is 0 Å². The zero-order chi connectivity index (χ0) is 40.1. The number of anilines is 7. The van der Waals surface area contributed by atoms with Crippen molar-refractivity contribution >= 4 is 68.1 Å². The molecule has 0 radical (unpaired) electrons. The van der Waals surface area contributed by atoms with Crippen LogP contribution in [0.2, 0.25) is 0 Å². The quantitative estimate of drug-likeness (QED) is 0.149. The van der Waals surface area contributed by atoms with Crippen LogP contribution < -0.4 is 26.7 Å². The first-order chi connectivity index (χ1) is 28.8. The summed E-state index contributed by atoms with van der Waals surface area (Å²) in [5, 5.41) is 0. The number of fused-ring (bicyclic) bond motifs is 3. The van der Waals surface area contributed by atoms with Gasteiger partial charge in [0, 0.05) is 0 Å². The van der Waals surface area contributed by atoms with Crippen LogP contribution in [0.1, 0.15) is 31.9 Å². The number of ether oxygens (including phenoxy) is 1. The standard InChI is InChI=1S/C53H44N4OTe/c1-36-30-52(54-34-43(36)38-18-9-6-10-19-38)57-47-24-13-14-25-50(47)59-51-29-27-42(33-49(51)57)58-41-21-15-20-40(32-41)55-35-56(45-23-12-11-22-44(45)53(2,3)4)48-31-39(26-28-46(48)55)37-16-7-5-8-17-37/h5-34H,35H2,1-4H3. The molecule has 6 heteroatoms. The van der Waals surface area contributed by atoms with Crippen molar-refractivity contribution in [3.05, 3.63) is 193 Å². The van der Waals surface area contributed by atoms with Crippen LogP contribution in [-0.4, -0.2) is 32.6 Å². The monoisotopic (exact) mass is 882 g/mol. The van der Waals surface area contributed by atoms with Crippen LogP contribution in [0.15, 0.2) is 182 Å². The normalized spacial score (nSPS) is 13.2. The third-order valence-electron chi connectivity index (χ3n) is 11.2. The molecule has 0 atom stereocenters. The van der Waals surface area contributed by atoms with E-state index in [0.717, 1.165) is 34.3 Å². The molecule has 5 nitrogen and oxygen atoms in total. The molecule has 3 heterocycles. The van der Waals surface area contributed by atoms with E-state index in [-0.39, 0.29) is 5.41 Å². The Bertz CT molecular complexity index is 2830. The van der Waals surface area contributed by atoms with Gasteiger partial charge in [0.25, 0.3) is 0 Å². The summed E-state index contributed by atoms with van der Waals surface area (Å²) in [4.78, 5) is 12.3. The van der Waals surface area contributed by atoms with Crippen molar-refractivity contribution in [2.45, 2.75) is 33.1 Å². The van der Waals surface area contributed by atoms with E-state index in [1.165, 1.54) is 57.8 Å². The van der Waals surface area contributed by atoms with Crippen LogP contribution in [0.25, 0.3) is 22.3 Å². The zero-order valence-corrected chi connectivity index (χ0v) is 36.0. The predicted molar refractivity (Wildman–Crippen MR) is 247 cm³/mol. The third kappa shape index (κ3) is 7.03. The van der Waals surface area contributed by atoms with Crippen LogP contribution in [0.4, 0.5) is 39.9 Å². The van der Waals surface area contributed by atoms with Gasteiger partial charge in [-0.3, -0.25) is 0 Å². The molecule has 7 aromatic carbocycles. The van der Waals surface area contributed by atoms with Crippen molar-refractivity contribution in [2.24, 2.45) is 0 Å². The van der Waals surface area contributed by atoms with Crippen LogP contribution in [0, 0.1) is 6.92 Å². The van der Waals surface area contributed by atoms with Crippen molar-refractivity contribution in [3.8, 4) is 33.8 Å². The minimum absolute atomic E-state index is 0.0235. The number of aryl methyl sites for hydroxylation is 1. The van der Waals surface area contributed by atoms with Gasteiger partial charge in [0.05, 0.1) is 0 Å². The molecular weight excluding hydrogens is 836 g/mol. The van der Waals surface area contributed by atoms with E-state index < -0.39 is 20.9 Å². The molecule has 0 amide bonds. The Hall–Kier alpha value is -6.32. The van der Waals surface area contributed by atoms with Gasteiger partial charge in [-0.25, -0.2) is 0 Å². The molecule has 0 fully saturated rings. The van der Waals surface area contributed by atoms with Gasteiger partial charge in [0.2, 0.25) is 0 Å². The average Bonchev–Trinajstić information content (AvgIpc) is 3.65. The number of hydrogen-bond donors (Lipinski definition) is 0. The summed E-state index contributed by atoms with van der Waals surface area (Å²) in [6.07, 6.45) is 2.02. The van der Waals surface area contributed by atoms with E-state index in [1.54, 1.807) is 0 Å². The summed E-state index contributed by atoms with van der Waals surface area (Å²) >= 11 is -0.618. The fourth-order valence-corrected chi connectivity index (χ4v) is 11.3. The van der Waals surface area contributed by atoms with Crippen molar-refractivity contribution in [2.75, 3.05) is 21.4 Å².